The van der Waals surface area contributed by atoms with Crippen molar-refractivity contribution in [3.05, 3.63) is 59.4 Å². The summed E-state index contributed by atoms with van der Waals surface area (Å²) in [6, 6.07) is 9.68. The van der Waals surface area contributed by atoms with E-state index < -0.39 is 11.7 Å². The highest BCUT2D eigenvalue weighted by molar-refractivity contribution is 6.33. The van der Waals surface area contributed by atoms with Gasteiger partial charge in [-0.1, -0.05) is 11.6 Å². The van der Waals surface area contributed by atoms with E-state index in [1.807, 2.05) is 18.2 Å². The Kier molecular flexibility index (Phi) is 4.43. The van der Waals surface area contributed by atoms with Gasteiger partial charge in [-0.05, 0) is 30.3 Å². The second-order valence-electron chi connectivity index (χ2n) is 5.95. The number of ether oxygens (including phenoxy) is 1. The van der Waals surface area contributed by atoms with Gasteiger partial charge in [0.05, 0.1) is 34.4 Å². The number of rotatable bonds is 3. The van der Waals surface area contributed by atoms with E-state index in [9.17, 15) is 13.2 Å². The fraction of sp³-hybridized carbons (Fsp3) is 0.105. The molecular weight excluding hydrogens is 393 g/mol. The molecule has 0 radical (unpaired) electrons. The molecule has 0 aliphatic heterocycles. The Bertz CT molecular complexity index is 1160. The van der Waals surface area contributed by atoms with Crippen molar-refractivity contribution in [3.63, 3.8) is 0 Å². The summed E-state index contributed by atoms with van der Waals surface area (Å²) in [4.78, 5) is 15.8. The van der Waals surface area contributed by atoms with Gasteiger partial charge in [0.25, 0.3) is 0 Å². The van der Waals surface area contributed by atoms with Gasteiger partial charge in [-0.2, -0.15) is 13.2 Å². The fourth-order valence-corrected chi connectivity index (χ4v) is 2.99. The molecule has 5 nitrogen and oxygen atoms in total. The van der Waals surface area contributed by atoms with Crippen LogP contribution in [-0.2, 0) is 6.18 Å². The zero-order valence-corrected chi connectivity index (χ0v) is 15.1. The van der Waals surface area contributed by atoms with Crippen molar-refractivity contribution in [1.82, 2.24) is 19.9 Å². The smallest absolute Gasteiger partial charge is 0.417 e. The number of aromatic nitrogens is 4. The van der Waals surface area contributed by atoms with Crippen molar-refractivity contribution in [2.75, 3.05) is 7.11 Å². The number of fused-ring (bicyclic) bond motifs is 1. The molecule has 0 bridgehead atoms. The molecule has 1 aromatic carbocycles. The monoisotopic (exact) mass is 404 g/mol. The lowest BCUT2D eigenvalue weighted by molar-refractivity contribution is -0.137. The van der Waals surface area contributed by atoms with E-state index in [2.05, 4.69) is 19.9 Å². The lowest BCUT2D eigenvalue weighted by Gasteiger charge is -2.09. The molecule has 0 unspecified atom stereocenters. The van der Waals surface area contributed by atoms with Crippen molar-refractivity contribution < 1.29 is 17.9 Å². The van der Waals surface area contributed by atoms with Gasteiger partial charge in [0.15, 0.2) is 5.82 Å². The first kappa shape index (κ1) is 18.2. The average molecular weight is 405 g/mol. The first-order valence-corrected chi connectivity index (χ1v) is 8.46. The van der Waals surface area contributed by atoms with Gasteiger partial charge >= 0.3 is 6.18 Å². The Labute approximate surface area is 162 Å². The SMILES string of the molecule is COc1ccc2nc(-c3ccc(-c4ncc(C(F)(F)F)cc4Cl)cn3)[nH]c2c1. The summed E-state index contributed by atoms with van der Waals surface area (Å²) in [5.74, 6) is 1.26. The molecule has 0 aliphatic rings. The predicted molar refractivity (Wildman–Crippen MR) is 99.1 cm³/mol. The highest BCUT2D eigenvalue weighted by Gasteiger charge is 2.31. The quantitative estimate of drug-likeness (QED) is 0.498. The van der Waals surface area contributed by atoms with E-state index in [0.29, 0.717) is 22.8 Å². The molecule has 0 atom stereocenters. The van der Waals surface area contributed by atoms with E-state index in [-0.39, 0.29) is 10.7 Å². The van der Waals surface area contributed by atoms with Crippen LogP contribution in [0.15, 0.2) is 48.8 Å². The first-order valence-electron chi connectivity index (χ1n) is 8.08. The lowest BCUT2D eigenvalue weighted by atomic mass is 10.1. The number of nitrogens with zero attached hydrogens (tertiary/aromatic N) is 3. The summed E-state index contributed by atoms with van der Waals surface area (Å²) in [6.07, 6.45) is -2.26. The van der Waals surface area contributed by atoms with Crippen LogP contribution in [0.1, 0.15) is 5.56 Å². The van der Waals surface area contributed by atoms with Crippen LogP contribution in [0.4, 0.5) is 13.2 Å². The molecule has 0 saturated heterocycles. The molecule has 28 heavy (non-hydrogen) atoms. The molecule has 0 amide bonds. The molecule has 3 heterocycles. The number of H-pyrrole nitrogens is 1. The minimum Gasteiger partial charge on any atom is -0.497 e. The van der Waals surface area contributed by atoms with E-state index in [0.717, 1.165) is 23.3 Å². The van der Waals surface area contributed by atoms with Crippen LogP contribution in [0.25, 0.3) is 33.8 Å². The molecule has 4 aromatic rings. The van der Waals surface area contributed by atoms with Crippen LogP contribution < -0.4 is 4.74 Å². The topological polar surface area (TPSA) is 63.7 Å². The maximum Gasteiger partial charge on any atom is 0.417 e. The molecule has 142 valence electrons. The highest BCUT2D eigenvalue weighted by atomic mass is 35.5. The molecule has 4 rings (SSSR count). The highest BCUT2D eigenvalue weighted by Crippen LogP contribution is 2.34. The molecule has 0 aliphatic carbocycles. The summed E-state index contributed by atoms with van der Waals surface area (Å²) in [5, 5.41) is -0.0970. The van der Waals surface area contributed by atoms with Gasteiger partial charge in [-0.15, -0.1) is 0 Å². The lowest BCUT2D eigenvalue weighted by Crippen LogP contribution is -2.05. The van der Waals surface area contributed by atoms with Crippen LogP contribution in [0.5, 0.6) is 5.75 Å². The Balaban J connectivity index is 1.66. The largest absolute Gasteiger partial charge is 0.497 e. The fourth-order valence-electron chi connectivity index (χ4n) is 2.72. The summed E-state index contributed by atoms with van der Waals surface area (Å²) < 4.78 is 43.4. The van der Waals surface area contributed by atoms with Crippen LogP contribution in [0.3, 0.4) is 0 Å². The zero-order valence-electron chi connectivity index (χ0n) is 14.4. The van der Waals surface area contributed by atoms with Gasteiger partial charge < -0.3 is 9.72 Å². The third-order valence-electron chi connectivity index (χ3n) is 4.14. The van der Waals surface area contributed by atoms with Crippen LogP contribution in [-0.4, -0.2) is 27.0 Å². The minimum atomic E-state index is -4.50. The number of halogens is 4. The van der Waals surface area contributed by atoms with Gasteiger partial charge in [0.1, 0.15) is 11.4 Å². The summed E-state index contributed by atoms with van der Waals surface area (Å²) in [5.41, 5.74) is 1.95. The molecule has 1 N–H and O–H groups in total. The van der Waals surface area contributed by atoms with E-state index in [1.165, 1.54) is 6.20 Å². The van der Waals surface area contributed by atoms with Crippen molar-refractivity contribution in [2.45, 2.75) is 6.18 Å². The number of pyridine rings is 2. The number of methoxy groups -OCH3 is 1. The number of nitrogens with one attached hydrogen (secondary N) is 1. The Morgan fingerprint density at radius 2 is 1.86 bits per heavy atom. The standard InChI is InChI=1S/C19H12ClF3N4O/c1-28-12-3-5-14-16(7-12)27-18(26-14)15-4-2-10(8-24-15)17-13(20)6-11(9-25-17)19(21,22)23/h2-9H,1H3,(H,26,27). The Morgan fingerprint density at radius 1 is 1.04 bits per heavy atom. The number of aromatic amines is 1. The average Bonchev–Trinajstić information content (AvgIpc) is 3.10. The minimum absolute atomic E-state index is 0.0970. The zero-order chi connectivity index (χ0) is 19.9. The number of imidazole rings is 1. The number of benzene rings is 1. The van der Waals surface area contributed by atoms with Gasteiger partial charge in [0.2, 0.25) is 0 Å². The Hall–Kier alpha value is -3.13. The molecule has 9 heteroatoms. The molecule has 3 aromatic heterocycles. The number of alkyl halides is 3. The Morgan fingerprint density at radius 3 is 2.50 bits per heavy atom. The van der Waals surface area contributed by atoms with Crippen LogP contribution in [0, 0.1) is 0 Å². The summed E-state index contributed by atoms with van der Waals surface area (Å²) in [7, 11) is 1.58. The second kappa shape index (κ2) is 6.79. The van der Waals surface area contributed by atoms with Crippen molar-refractivity contribution in [2.24, 2.45) is 0 Å². The van der Waals surface area contributed by atoms with Crippen LogP contribution >= 0.6 is 11.6 Å². The molecule has 0 spiro atoms. The third-order valence-corrected chi connectivity index (χ3v) is 4.43. The molecule has 0 fully saturated rings. The maximum absolute atomic E-state index is 12.7. The molecule has 0 saturated carbocycles. The van der Waals surface area contributed by atoms with Crippen LogP contribution in [0.2, 0.25) is 5.02 Å². The second-order valence-corrected chi connectivity index (χ2v) is 6.36. The first-order chi connectivity index (χ1) is 13.3. The third kappa shape index (κ3) is 3.38. The number of hydrogen-bond acceptors (Lipinski definition) is 4. The summed E-state index contributed by atoms with van der Waals surface area (Å²) >= 11 is 5.99. The van der Waals surface area contributed by atoms with E-state index in [1.54, 1.807) is 19.2 Å². The van der Waals surface area contributed by atoms with E-state index in [4.69, 9.17) is 16.3 Å². The van der Waals surface area contributed by atoms with Gasteiger partial charge in [-0.25, -0.2) is 4.98 Å². The predicted octanol–water partition coefficient (Wildman–Crippen LogP) is 5.37. The molecular formula is C19H12ClF3N4O. The van der Waals surface area contributed by atoms with Crippen molar-refractivity contribution >= 4 is 22.6 Å². The van der Waals surface area contributed by atoms with Crippen molar-refractivity contribution in [3.8, 4) is 28.5 Å². The maximum atomic E-state index is 12.7. The summed E-state index contributed by atoms with van der Waals surface area (Å²) in [6.45, 7) is 0. The number of hydrogen-bond donors (Lipinski definition) is 1. The normalized spacial score (nSPS) is 11.8. The van der Waals surface area contributed by atoms with Gasteiger partial charge in [0, 0.05) is 24.0 Å². The van der Waals surface area contributed by atoms with Gasteiger partial charge in [-0.3, -0.25) is 9.97 Å². The van der Waals surface area contributed by atoms with E-state index >= 15 is 0 Å². The van der Waals surface area contributed by atoms with Crippen molar-refractivity contribution in [1.29, 1.82) is 0 Å².